The molecule has 2 aromatic carbocycles. The summed E-state index contributed by atoms with van der Waals surface area (Å²) in [5.74, 6) is -0.313. The molecule has 8 nitrogen and oxygen atoms in total. The number of benzene rings is 2. The van der Waals surface area contributed by atoms with Gasteiger partial charge in [0.05, 0.1) is 6.21 Å². The second kappa shape index (κ2) is 8.36. The van der Waals surface area contributed by atoms with Gasteiger partial charge < -0.3 is 15.4 Å². The molecule has 4 N–H and O–H groups in total. The summed E-state index contributed by atoms with van der Waals surface area (Å²) < 4.78 is 0. The number of phenols is 1. The second-order valence-corrected chi connectivity index (χ2v) is 6.25. The van der Waals surface area contributed by atoms with Crippen molar-refractivity contribution in [3.8, 4) is 5.75 Å². The van der Waals surface area contributed by atoms with Crippen LogP contribution in [-0.4, -0.2) is 27.2 Å². The van der Waals surface area contributed by atoms with Crippen molar-refractivity contribution >= 4 is 35.2 Å². The van der Waals surface area contributed by atoms with Crippen molar-refractivity contribution in [2.24, 2.45) is 5.10 Å². The van der Waals surface area contributed by atoms with Gasteiger partial charge in [0, 0.05) is 16.4 Å². The monoisotopic (exact) mass is 397 g/mol. The standard InChI is InChI=1S/C19H16ClN5O3/c1-11-16(18(27)23-14-6-4-13(20)5-7-14)17(24-19(28)22-11)25-21-10-12-2-8-15(26)9-3-12/h2-10,26H,1H3,(H,23,27)(H2,22,24,25,28)/b21-10+. The highest BCUT2D eigenvalue weighted by atomic mass is 35.5. The van der Waals surface area contributed by atoms with Crippen LogP contribution in [0, 0.1) is 6.92 Å². The van der Waals surface area contributed by atoms with Crippen LogP contribution in [0.1, 0.15) is 21.6 Å². The maximum atomic E-state index is 12.7. The average Bonchev–Trinajstić information content (AvgIpc) is 2.64. The number of nitrogens with one attached hydrogen (secondary N) is 3. The lowest BCUT2D eigenvalue weighted by Gasteiger charge is -2.11. The molecule has 0 fully saturated rings. The van der Waals surface area contributed by atoms with Crippen LogP contribution < -0.4 is 16.4 Å². The Kier molecular flexibility index (Phi) is 5.71. The molecule has 0 bridgehead atoms. The van der Waals surface area contributed by atoms with Gasteiger partial charge in [-0.15, -0.1) is 0 Å². The van der Waals surface area contributed by atoms with E-state index in [1.807, 2.05) is 0 Å². The van der Waals surface area contributed by atoms with Crippen molar-refractivity contribution in [2.75, 3.05) is 10.7 Å². The zero-order chi connectivity index (χ0) is 20.1. The number of halogens is 1. The number of aryl methyl sites for hydroxylation is 1. The van der Waals surface area contributed by atoms with Gasteiger partial charge in [-0.05, 0) is 61.0 Å². The molecule has 142 valence electrons. The molecular formula is C19H16ClN5O3. The molecule has 0 aliphatic rings. The molecule has 3 aromatic rings. The Morgan fingerprint density at radius 2 is 1.86 bits per heavy atom. The van der Waals surface area contributed by atoms with Crippen LogP contribution in [0.5, 0.6) is 5.75 Å². The minimum atomic E-state index is -0.608. The van der Waals surface area contributed by atoms with Gasteiger partial charge in [-0.25, -0.2) is 4.79 Å². The summed E-state index contributed by atoms with van der Waals surface area (Å²) in [5.41, 5.74) is 3.76. The van der Waals surface area contributed by atoms with Gasteiger partial charge >= 0.3 is 5.69 Å². The summed E-state index contributed by atoms with van der Waals surface area (Å²) in [6, 6.07) is 13.0. The Labute approximate surface area is 164 Å². The Morgan fingerprint density at radius 3 is 2.54 bits per heavy atom. The molecule has 0 atom stereocenters. The minimum Gasteiger partial charge on any atom is -0.508 e. The van der Waals surface area contributed by atoms with Crippen molar-refractivity contribution in [2.45, 2.75) is 6.92 Å². The average molecular weight is 398 g/mol. The van der Waals surface area contributed by atoms with E-state index in [9.17, 15) is 14.7 Å². The molecule has 0 aliphatic carbocycles. The Morgan fingerprint density at radius 1 is 1.18 bits per heavy atom. The number of amides is 1. The predicted octanol–water partition coefficient (Wildman–Crippen LogP) is 3.14. The van der Waals surface area contributed by atoms with Crippen LogP contribution in [0.3, 0.4) is 0 Å². The van der Waals surface area contributed by atoms with Crippen LogP contribution in [0.4, 0.5) is 11.5 Å². The highest BCUT2D eigenvalue weighted by Crippen LogP contribution is 2.18. The van der Waals surface area contributed by atoms with Crippen molar-refractivity contribution in [1.82, 2.24) is 9.97 Å². The quantitative estimate of drug-likeness (QED) is 0.389. The Hall–Kier alpha value is -3.65. The van der Waals surface area contributed by atoms with E-state index in [2.05, 4.69) is 25.8 Å². The van der Waals surface area contributed by atoms with Gasteiger partial charge in [-0.2, -0.15) is 10.1 Å². The number of H-pyrrole nitrogens is 1. The molecular weight excluding hydrogens is 382 g/mol. The summed E-state index contributed by atoms with van der Waals surface area (Å²) >= 11 is 5.85. The smallest absolute Gasteiger partial charge is 0.347 e. The molecule has 0 aliphatic heterocycles. The first-order valence-corrected chi connectivity index (χ1v) is 8.56. The van der Waals surface area contributed by atoms with Crippen molar-refractivity contribution in [1.29, 1.82) is 0 Å². The van der Waals surface area contributed by atoms with E-state index < -0.39 is 11.6 Å². The number of aromatic nitrogens is 2. The summed E-state index contributed by atoms with van der Waals surface area (Å²) in [7, 11) is 0. The van der Waals surface area contributed by atoms with Crippen LogP contribution in [-0.2, 0) is 0 Å². The maximum Gasteiger partial charge on any atom is 0.347 e. The first-order valence-electron chi connectivity index (χ1n) is 8.18. The highest BCUT2D eigenvalue weighted by Gasteiger charge is 2.17. The molecule has 9 heteroatoms. The number of nitrogens with zero attached hydrogens (tertiary/aromatic N) is 2. The fourth-order valence-electron chi connectivity index (χ4n) is 2.40. The Bertz CT molecular complexity index is 1080. The zero-order valence-electron chi connectivity index (χ0n) is 14.7. The van der Waals surface area contributed by atoms with Gasteiger partial charge in [-0.3, -0.25) is 10.2 Å². The number of phenolic OH excluding ortho intramolecular Hbond substituents is 1. The molecule has 1 amide bonds. The van der Waals surface area contributed by atoms with E-state index in [1.165, 1.54) is 18.3 Å². The number of carbonyl (C=O) groups excluding carboxylic acids is 1. The molecule has 28 heavy (non-hydrogen) atoms. The maximum absolute atomic E-state index is 12.7. The van der Waals surface area contributed by atoms with E-state index in [4.69, 9.17) is 11.6 Å². The number of anilines is 2. The summed E-state index contributed by atoms with van der Waals surface area (Å²) in [4.78, 5) is 30.7. The molecule has 3 rings (SSSR count). The minimum absolute atomic E-state index is 0.0164. The zero-order valence-corrected chi connectivity index (χ0v) is 15.5. The summed E-state index contributed by atoms with van der Waals surface area (Å²) in [5, 5.41) is 16.6. The van der Waals surface area contributed by atoms with Gasteiger partial charge in [0.25, 0.3) is 5.91 Å². The molecule has 0 radical (unpaired) electrons. The molecule has 0 unspecified atom stereocenters. The molecule has 1 aromatic heterocycles. The van der Waals surface area contributed by atoms with Gasteiger partial charge in [0.2, 0.25) is 0 Å². The van der Waals surface area contributed by atoms with Gasteiger partial charge in [0.15, 0.2) is 5.82 Å². The number of carbonyl (C=O) groups is 1. The molecule has 1 heterocycles. The van der Waals surface area contributed by atoms with E-state index >= 15 is 0 Å². The van der Waals surface area contributed by atoms with Crippen LogP contribution in [0.25, 0.3) is 0 Å². The first-order chi connectivity index (χ1) is 13.4. The lowest BCUT2D eigenvalue weighted by atomic mass is 10.2. The van der Waals surface area contributed by atoms with E-state index in [1.54, 1.807) is 43.3 Å². The largest absolute Gasteiger partial charge is 0.508 e. The van der Waals surface area contributed by atoms with E-state index in [0.29, 0.717) is 22.0 Å². The lowest BCUT2D eigenvalue weighted by Crippen LogP contribution is -2.22. The lowest BCUT2D eigenvalue weighted by molar-refractivity contribution is 0.102. The molecule has 0 saturated carbocycles. The van der Waals surface area contributed by atoms with Gasteiger partial charge in [-0.1, -0.05) is 11.6 Å². The van der Waals surface area contributed by atoms with E-state index in [0.717, 1.165) is 0 Å². The Balaban J connectivity index is 1.84. The fraction of sp³-hybridized carbons (Fsp3) is 0.0526. The number of hydrogen-bond donors (Lipinski definition) is 4. The predicted molar refractivity (Wildman–Crippen MR) is 108 cm³/mol. The highest BCUT2D eigenvalue weighted by molar-refractivity contribution is 6.30. The third-order valence-corrected chi connectivity index (χ3v) is 3.98. The second-order valence-electron chi connectivity index (χ2n) is 5.81. The third-order valence-electron chi connectivity index (χ3n) is 3.73. The SMILES string of the molecule is Cc1[nH]c(=O)nc(N/N=C/c2ccc(O)cc2)c1C(=O)Nc1ccc(Cl)cc1. The van der Waals surface area contributed by atoms with Crippen molar-refractivity contribution < 1.29 is 9.90 Å². The molecule has 0 saturated heterocycles. The number of rotatable bonds is 5. The fourth-order valence-corrected chi connectivity index (χ4v) is 2.53. The van der Waals surface area contributed by atoms with Crippen LogP contribution in [0.15, 0.2) is 58.4 Å². The topological polar surface area (TPSA) is 119 Å². The van der Waals surface area contributed by atoms with Crippen LogP contribution >= 0.6 is 11.6 Å². The summed E-state index contributed by atoms with van der Waals surface area (Å²) in [6.45, 7) is 1.59. The third kappa shape index (κ3) is 4.74. The van der Waals surface area contributed by atoms with Crippen molar-refractivity contribution in [3.05, 3.63) is 80.9 Å². The molecule has 0 spiro atoms. The number of aromatic hydroxyl groups is 1. The van der Waals surface area contributed by atoms with E-state index in [-0.39, 0.29) is 17.1 Å². The van der Waals surface area contributed by atoms with Crippen LogP contribution in [0.2, 0.25) is 5.02 Å². The number of hydrazone groups is 1. The van der Waals surface area contributed by atoms with Crippen molar-refractivity contribution in [3.63, 3.8) is 0 Å². The summed E-state index contributed by atoms with van der Waals surface area (Å²) in [6.07, 6.45) is 1.47. The van der Waals surface area contributed by atoms with Gasteiger partial charge in [0.1, 0.15) is 11.3 Å². The normalized spacial score (nSPS) is 10.8. The number of aromatic amines is 1. The first kappa shape index (κ1) is 19.1. The number of hydrogen-bond acceptors (Lipinski definition) is 6.